The van der Waals surface area contributed by atoms with Crippen molar-refractivity contribution in [3.63, 3.8) is 0 Å². The van der Waals surface area contributed by atoms with Gasteiger partial charge in [0.25, 0.3) is 0 Å². The standard InChI is InChI=1S/C27H40N8O3.ClH/c1-19-18-32(12-9-22(19)28)11-8-20-4-6-21(7-5-20)35-13-10-23(31-26(35)38)30-25(37)34-16-14-33(15-17-34)24(36)27(2,3)29;/h4-7,10,13,19,22H,8-9,11-12,14-18,28-29H2,1-3H3,(H,30,31,37,38);1H. The van der Waals surface area contributed by atoms with E-state index in [1.807, 2.05) is 24.3 Å². The second-order valence-corrected chi connectivity index (χ2v) is 11.0. The molecule has 2 aliphatic heterocycles. The molecule has 0 bridgehead atoms. The van der Waals surface area contributed by atoms with Crippen LogP contribution in [0.1, 0.15) is 32.8 Å². The largest absolute Gasteiger partial charge is 0.354 e. The number of amides is 3. The van der Waals surface area contributed by atoms with Crippen molar-refractivity contribution in [3.8, 4) is 5.69 Å². The van der Waals surface area contributed by atoms with Gasteiger partial charge < -0.3 is 26.2 Å². The van der Waals surface area contributed by atoms with E-state index < -0.39 is 11.2 Å². The van der Waals surface area contributed by atoms with E-state index >= 15 is 0 Å². The fourth-order valence-corrected chi connectivity index (χ4v) is 4.94. The number of anilines is 1. The molecule has 4 rings (SSSR count). The van der Waals surface area contributed by atoms with Gasteiger partial charge in [-0.2, -0.15) is 4.98 Å². The Labute approximate surface area is 235 Å². The Kier molecular flexibility index (Phi) is 10.1. The van der Waals surface area contributed by atoms with Crippen molar-refractivity contribution in [1.29, 1.82) is 0 Å². The number of piperazine rings is 1. The Balaban J connectivity index is 0.00000420. The average Bonchev–Trinajstić information content (AvgIpc) is 2.89. The summed E-state index contributed by atoms with van der Waals surface area (Å²) in [5.41, 5.74) is 12.5. The Hall–Kier alpha value is -2.99. The lowest BCUT2D eigenvalue weighted by molar-refractivity contribution is -0.137. The number of carbonyl (C=O) groups is 2. The number of nitrogens with one attached hydrogen (secondary N) is 1. The number of hydrogen-bond acceptors (Lipinski definition) is 7. The molecule has 2 fully saturated rings. The number of nitrogens with two attached hydrogens (primary N) is 2. The molecule has 2 atom stereocenters. The van der Waals surface area contributed by atoms with Crippen molar-refractivity contribution in [3.05, 3.63) is 52.6 Å². The van der Waals surface area contributed by atoms with Crippen LogP contribution in [0.2, 0.25) is 0 Å². The molecule has 2 unspecified atom stereocenters. The maximum absolute atomic E-state index is 12.7. The van der Waals surface area contributed by atoms with E-state index in [2.05, 4.69) is 22.1 Å². The molecule has 12 heteroatoms. The summed E-state index contributed by atoms with van der Waals surface area (Å²) in [5, 5.41) is 2.69. The number of likely N-dealkylation sites (tertiary alicyclic amines) is 1. The molecule has 11 nitrogen and oxygen atoms in total. The van der Waals surface area contributed by atoms with Crippen LogP contribution in [0.15, 0.2) is 41.3 Å². The van der Waals surface area contributed by atoms with Gasteiger partial charge in [-0.15, -0.1) is 12.4 Å². The predicted octanol–water partition coefficient (Wildman–Crippen LogP) is 1.28. The molecule has 1 aromatic carbocycles. The summed E-state index contributed by atoms with van der Waals surface area (Å²) in [6.07, 6.45) is 3.59. The monoisotopic (exact) mass is 560 g/mol. The first kappa shape index (κ1) is 30.6. The molecular formula is C27H41ClN8O3. The molecule has 5 N–H and O–H groups in total. The highest BCUT2D eigenvalue weighted by Crippen LogP contribution is 2.16. The SMILES string of the molecule is CC1CN(CCc2ccc(-n3ccc(NC(=O)N4CCN(C(=O)C(C)(C)N)CC4)nc3=O)cc2)CCC1N.Cl. The first-order valence-electron chi connectivity index (χ1n) is 13.3. The first-order chi connectivity index (χ1) is 18.0. The van der Waals surface area contributed by atoms with Crippen molar-refractivity contribution in [2.75, 3.05) is 51.1 Å². The van der Waals surface area contributed by atoms with Crippen LogP contribution in [-0.4, -0.2) is 93.6 Å². The second kappa shape index (κ2) is 12.9. The lowest BCUT2D eigenvalue weighted by Crippen LogP contribution is -2.58. The summed E-state index contributed by atoms with van der Waals surface area (Å²) in [4.78, 5) is 47.5. The van der Waals surface area contributed by atoms with Crippen LogP contribution in [0.4, 0.5) is 10.6 Å². The zero-order chi connectivity index (χ0) is 27.4. The Morgan fingerprint density at radius 3 is 2.28 bits per heavy atom. The number of halogens is 1. The molecule has 3 heterocycles. The number of piperidine rings is 1. The van der Waals surface area contributed by atoms with Crippen molar-refractivity contribution in [1.82, 2.24) is 24.3 Å². The zero-order valence-corrected chi connectivity index (χ0v) is 23.8. The minimum Gasteiger partial charge on any atom is -0.338 e. The molecule has 3 amide bonds. The van der Waals surface area contributed by atoms with E-state index in [0.717, 1.165) is 32.5 Å². The summed E-state index contributed by atoms with van der Waals surface area (Å²) in [6.45, 7) is 10.2. The van der Waals surface area contributed by atoms with Gasteiger partial charge in [-0.1, -0.05) is 19.1 Å². The molecule has 2 aromatic rings. The third-order valence-corrected chi connectivity index (χ3v) is 7.43. The van der Waals surface area contributed by atoms with Crippen molar-refractivity contribution in [2.45, 2.75) is 45.2 Å². The summed E-state index contributed by atoms with van der Waals surface area (Å²) in [7, 11) is 0. The molecule has 0 aliphatic carbocycles. The molecule has 0 radical (unpaired) electrons. The van der Waals surface area contributed by atoms with Gasteiger partial charge in [0.15, 0.2) is 0 Å². The van der Waals surface area contributed by atoms with Gasteiger partial charge in [0.2, 0.25) is 5.91 Å². The quantitative estimate of drug-likeness (QED) is 0.483. The Morgan fingerprint density at radius 2 is 1.69 bits per heavy atom. The molecule has 214 valence electrons. The van der Waals surface area contributed by atoms with E-state index in [1.165, 1.54) is 10.1 Å². The molecule has 2 aliphatic rings. The minimum atomic E-state index is -0.945. The van der Waals surface area contributed by atoms with Gasteiger partial charge in [-0.05, 0) is 62.9 Å². The Morgan fingerprint density at radius 1 is 1.05 bits per heavy atom. The molecule has 0 saturated carbocycles. The molecule has 39 heavy (non-hydrogen) atoms. The lowest BCUT2D eigenvalue weighted by Gasteiger charge is -2.37. The second-order valence-electron chi connectivity index (χ2n) is 11.0. The average molecular weight is 561 g/mol. The normalized spacial score (nSPS) is 20.3. The molecular weight excluding hydrogens is 520 g/mol. The summed E-state index contributed by atoms with van der Waals surface area (Å²) < 4.78 is 1.45. The van der Waals surface area contributed by atoms with Crippen molar-refractivity contribution in [2.24, 2.45) is 17.4 Å². The highest BCUT2D eigenvalue weighted by Gasteiger charge is 2.31. The fraction of sp³-hybridized carbons (Fsp3) is 0.556. The van der Waals surface area contributed by atoms with Crippen LogP contribution in [0.3, 0.4) is 0 Å². The topological polar surface area (TPSA) is 143 Å². The molecule has 1 aromatic heterocycles. The van der Waals surface area contributed by atoms with Crippen LogP contribution in [-0.2, 0) is 11.2 Å². The number of benzene rings is 1. The van der Waals surface area contributed by atoms with Crippen LogP contribution in [0.25, 0.3) is 5.69 Å². The third-order valence-electron chi connectivity index (χ3n) is 7.43. The number of rotatable bonds is 6. The number of urea groups is 1. The maximum Gasteiger partial charge on any atom is 0.354 e. The molecule has 0 spiro atoms. The van der Waals surface area contributed by atoms with Crippen molar-refractivity contribution < 1.29 is 9.59 Å². The van der Waals surface area contributed by atoms with E-state index in [4.69, 9.17) is 11.5 Å². The Bertz CT molecular complexity index is 1190. The first-order valence-corrected chi connectivity index (χ1v) is 13.3. The van der Waals surface area contributed by atoms with Gasteiger partial charge in [-0.3, -0.25) is 14.7 Å². The maximum atomic E-state index is 12.7. The number of aromatic nitrogens is 2. The van der Waals surface area contributed by atoms with E-state index in [1.54, 1.807) is 35.9 Å². The molecule has 2 saturated heterocycles. The highest BCUT2D eigenvalue weighted by atomic mass is 35.5. The van der Waals surface area contributed by atoms with Gasteiger partial charge in [0.1, 0.15) is 5.82 Å². The van der Waals surface area contributed by atoms with Gasteiger partial charge in [-0.25, -0.2) is 9.59 Å². The van der Waals surface area contributed by atoms with E-state index in [9.17, 15) is 14.4 Å². The van der Waals surface area contributed by atoms with Crippen LogP contribution in [0, 0.1) is 5.92 Å². The fourth-order valence-electron chi connectivity index (χ4n) is 4.94. The summed E-state index contributed by atoms with van der Waals surface area (Å²) in [6, 6.07) is 9.44. The highest BCUT2D eigenvalue weighted by molar-refractivity contribution is 5.89. The number of nitrogens with zero attached hydrogens (tertiary/aromatic N) is 5. The minimum absolute atomic E-state index is 0. The van der Waals surface area contributed by atoms with Crippen LogP contribution >= 0.6 is 12.4 Å². The van der Waals surface area contributed by atoms with Crippen molar-refractivity contribution >= 4 is 30.2 Å². The summed E-state index contributed by atoms with van der Waals surface area (Å²) in [5.74, 6) is 0.561. The number of hydrogen-bond donors (Lipinski definition) is 3. The lowest BCUT2D eigenvalue weighted by atomic mass is 9.94. The summed E-state index contributed by atoms with van der Waals surface area (Å²) >= 11 is 0. The van der Waals surface area contributed by atoms with Gasteiger partial charge in [0.05, 0.1) is 11.2 Å². The third kappa shape index (κ3) is 7.78. The van der Waals surface area contributed by atoms with Crippen LogP contribution in [0.5, 0.6) is 0 Å². The van der Waals surface area contributed by atoms with Gasteiger partial charge >= 0.3 is 11.7 Å². The smallest absolute Gasteiger partial charge is 0.338 e. The van der Waals surface area contributed by atoms with Crippen LogP contribution < -0.4 is 22.5 Å². The number of carbonyl (C=O) groups excluding carboxylic acids is 2. The van der Waals surface area contributed by atoms with Gasteiger partial charge in [0, 0.05) is 51.5 Å². The van der Waals surface area contributed by atoms with E-state index in [0.29, 0.717) is 43.8 Å². The predicted molar refractivity (Wildman–Crippen MR) is 154 cm³/mol. The van der Waals surface area contributed by atoms with E-state index in [-0.39, 0.29) is 30.2 Å². The zero-order valence-electron chi connectivity index (χ0n) is 23.0.